The third kappa shape index (κ3) is 5.52. The van der Waals surface area contributed by atoms with Crippen molar-refractivity contribution in [1.82, 2.24) is 24.1 Å². The Kier molecular flexibility index (Phi) is 7.78. The summed E-state index contributed by atoms with van der Waals surface area (Å²) in [7, 11) is 0. The first-order valence-electron chi connectivity index (χ1n) is 20.3. The minimum Gasteiger partial charge on any atom is -0.309 e. The van der Waals surface area contributed by atoms with Gasteiger partial charge in [0.25, 0.3) is 0 Å². The highest BCUT2D eigenvalue weighted by Gasteiger charge is 2.19. The molecule has 8 aromatic carbocycles. The molecular weight excluding hydrogens is 731 g/mol. The number of pyridine rings is 1. The highest BCUT2D eigenvalue weighted by atomic mass is 15.2. The first kappa shape index (κ1) is 33.9. The van der Waals surface area contributed by atoms with Crippen molar-refractivity contribution in [3.8, 4) is 56.4 Å². The van der Waals surface area contributed by atoms with Gasteiger partial charge >= 0.3 is 0 Å². The molecule has 0 atom stereocenters. The summed E-state index contributed by atoms with van der Waals surface area (Å²) in [5.74, 6) is 0.639. The standard InChI is InChI=1S/C55H35N5/c1-3-13-36(14-4-1)41-27-30-48(56-35-41)37-23-25-38(26-24-37)54-45-19-7-10-20-49(45)57-55(58-54)60-51-22-12-9-18-44(51)47-34-40(29-32-53(47)60)39-28-31-52-46(33-39)43-17-8-11-21-50(43)59(52)42-15-5-2-6-16-42/h1-35H. The maximum absolute atomic E-state index is 5.37. The van der Waals surface area contributed by atoms with Crippen LogP contribution in [0, 0.1) is 0 Å². The largest absolute Gasteiger partial charge is 0.309 e. The average Bonchev–Trinajstić information content (AvgIpc) is 3.84. The number of fused-ring (bicyclic) bond motifs is 7. The number of para-hydroxylation sites is 4. The summed E-state index contributed by atoms with van der Waals surface area (Å²) in [6, 6.07) is 72.9. The van der Waals surface area contributed by atoms with Gasteiger partial charge in [0.2, 0.25) is 5.95 Å². The topological polar surface area (TPSA) is 48.5 Å². The molecule has 0 spiro atoms. The monoisotopic (exact) mass is 765 g/mol. The highest BCUT2D eigenvalue weighted by Crippen LogP contribution is 2.39. The van der Waals surface area contributed by atoms with Crippen LogP contribution in [-0.4, -0.2) is 24.1 Å². The third-order valence-corrected chi connectivity index (χ3v) is 11.8. The first-order chi connectivity index (χ1) is 29.7. The number of nitrogens with zero attached hydrogens (tertiary/aromatic N) is 5. The van der Waals surface area contributed by atoms with Gasteiger partial charge in [-0.2, -0.15) is 0 Å². The van der Waals surface area contributed by atoms with Gasteiger partial charge in [0, 0.05) is 55.5 Å². The van der Waals surface area contributed by atoms with Crippen LogP contribution in [-0.2, 0) is 0 Å². The van der Waals surface area contributed by atoms with E-state index in [4.69, 9.17) is 15.0 Å². The van der Waals surface area contributed by atoms with Gasteiger partial charge in [0.15, 0.2) is 0 Å². The van der Waals surface area contributed by atoms with E-state index in [-0.39, 0.29) is 0 Å². The highest BCUT2D eigenvalue weighted by molar-refractivity contribution is 6.12. The van der Waals surface area contributed by atoms with Gasteiger partial charge in [-0.15, -0.1) is 0 Å². The lowest BCUT2D eigenvalue weighted by atomic mass is 10.0. The van der Waals surface area contributed by atoms with Crippen LogP contribution in [0.5, 0.6) is 0 Å². The van der Waals surface area contributed by atoms with E-state index in [9.17, 15) is 0 Å². The predicted molar refractivity (Wildman–Crippen MR) is 248 cm³/mol. The van der Waals surface area contributed by atoms with E-state index in [1.807, 2.05) is 18.3 Å². The maximum atomic E-state index is 5.37. The molecule has 0 saturated heterocycles. The molecule has 0 amide bonds. The number of rotatable bonds is 6. The van der Waals surface area contributed by atoms with Crippen LogP contribution in [0.2, 0.25) is 0 Å². The van der Waals surface area contributed by atoms with Gasteiger partial charge in [-0.25, -0.2) is 9.97 Å². The van der Waals surface area contributed by atoms with Gasteiger partial charge in [-0.1, -0.05) is 146 Å². The van der Waals surface area contributed by atoms with Crippen molar-refractivity contribution in [2.45, 2.75) is 0 Å². The van der Waals surface area contributed by atoms with Crippen LogP contribution in [0.1, 0.15) is 0 Å². The first-order valence-corrected chi connectivity index (χ1v) is 20.3. The molecule has 12 rings (SSSR count). The number of aromatic nitrogens is 5. The van der Waals surface area contributed by atoms with Crippen LogP contribution in [0.25, 0.3) is 111 Å². The molecule has 0 bridgehead atoms. The third-order valence-electron chi connectivity index (χ3n) is 11.8. The lowest BCUT2D eigenvalue weighted by molar-refractivity contribution is 1.01. The van der Waals surface area contributed by atoms with Gasteiger partial charge in [-0.05, 0) is 77.4 Å². The van der Waals surface area contributed by atoms with Crippen molar-refractivity contribution in [3.05, 3.63) is 212 Å². The fourth-order valence-corrected chi connectivity index (χ4v) is 8.92. The summed E-state index contributed by atoms with van der Waals surface area (Å²) in [4.78, 5) is 15.4. The molecule has 4 heterocycles. The molecule has 0 fully saturated rings. The molecule has 5 heteroatoms. The molecule has 0 aliphatic rings. The molecule has 4 aromatic heterocycles. The van der Waals surface area contributed by atoms with E-state index in [0.29, 0.717) is 5.95 Å². The van der Waals surface area contributed by atoms with Crippen molar-refractivity contribution in [2.24, 2.45) is 0 Å². The second kappa shape index (κ2) is 13.8. The molecule has 0 radical (unpaired) electrons. The minimum atomic E-state index is 0.639. The van der Waals surface area contributed by atoms with Gasteiger partial charge in [0.1, 0.15) is 0 Å². The quantitative estimate of drug-likeness (QED) is 0.169. The lowest BCUT2D eigenvalue weighted by Gasteiger charge is -2.12. The van der Waals surface area contributed by atoms with Gasteiger partial charge in [-0.3, -0.25) is 9.55 Å². The zero-order valence-corrected chi connectivity index (χ0v) is 32.4. The molecule has 0 unspecified atom stereocenters. The van der Waals surface area contributed by atoms with Crippen LogP contribution in [0.15, 0.2) is 212 Å². The Morgan fingerprint density at radius 1 is 0.317 bits per heavy atom. The number of hydrogen-bond acceptors (Lipinski definition) is 3. The van der Waals surface area contributed by atoms with Crippen LogP contribution in [0.3, 0.4) is 0 Å². The molecule has 0 aliphatic carbocycles. The normalized spacial score (nSPS) is 11.7. The Morgan fingerprint density at radius 2 is 0.833 bits per heavy atom. The van der Waals surface area contributed by atoms with Crippen molar-refractivity contribution in [1.29, 1.82) is 0 Å². The zero-order chi connectivity index (χ0) is 39.6. The fraction of sp³-hybridized carbons (Fsp3) is 0. The summed E-state index contributed by atoms with van der Waals surface area (Å²) in [5, 5.41) is 5.79. The molecule has 280 valence electrons. The van der Waals surface area contributed by atoms with E-state index in [1.165, 1.54) is 27.4 Å². The molecule has 60 heavy (non-hydrogen) atoms. The zero-order valence-electron chi connectivity index (χ0n) is 32.4. The molecule has 0 N–H and O–H groups in total. The molecule has 12 aromatic rings. The van der Waals surface area contributed by atoms with Crippen molar-refractivity contribution in [2.75, 3.05) is 0 Å². The second-order valence-electron chi connectivity index (χ2n) is 15.3. The Morgan fingerprint density at radius 3 is 1.50 bits per heavy atom. The molecule has 0 aliphatic heterocycles. The lowest BCUT2D eigenvalue weighted by Crippen LogP contribution is -2.03. The summed E-state index contributed by atoms with van der Waals surface area (Å²) in [6.45, 7) is 0. The molecule has 5 nitrogen and oxygen atoms in total. The van der Waals surface area contributed by atoms with Crippen molar-refractivity contribution >= 4 is 54.5 Å². The van der Waals surface area contributed by atoms with Crippen LogP contribution in [0.4, 0.5) is 0 Å². The van der Waals surface area contributed by atoms with Gasteiger partial charge < -0.3 is 4.57 Å². The molecule has 0 saturated carbocycles. The Bertz CT molecular complexity index is 3570. The summed E-state index contributed by atoms with van der Waals surface area (Å²) in [5.41, 5.74) is 15.0. The van der Waals surface area contributed by atoms with Crippen LogP contribution < -0.4 is 0 Å². The van der Waals surface area contributed by atoms with E-state index in [0.717, 1.165) is 77.6 Å². The fourth-order valence-electron chi connectivity index (χ4n) is 8.92. The summed E-state index contributed by atoms with van der Waals surface area (Å²) in [6.07, 6.45) is 1.95. The molecular formula is C55H35N5. The Hall–Kier alpha value is -8.15. The second-order valence-corrected chi connectivity index (χ2v) is 15.3. The van der Waals surface area contributed by atoms with E-state index < -0.39 is 0 Å². The van der Waals surface area contributed by atoms with Crippen molar-refractivity contribution < 1.29 is 0 Å². The Balaban J connectivity index is 0.962. The smallest absolute Gasteiger partial charge is 0.235 e. The van der Waals surface area contributed by atoms with Crippen molar-refractivity contribution in [3.63, 3.8) is 0 Å². The van der Waals surface area contributed by atoms with E-state index in [2.05, 4.69) is 203 Å². The Labute approximate surface area is 346 Å². The van der Waals surface area contributed by atoms with Crippen LogP contribution >= 0.6 is 0 Å². The van der Waals surface area contributed by atoms with Gasteiger partial charge in [0.05, 0.1) is 39.0 Å². The average molecular weight is 766 g/mol. The minimum absolute atomic E-state index is 0.639. The van der Waals surface area contributed by atoms with E-state index >= 15 is 0 Å². The summed E-state index contributed by atoms with van der Waals surface area (Å²) >= 11 is 0. The summed E-state index contributed by atoms with van der Waals surface area (Å²) < 4.78 is 4.58. The number of hydrogen-bond donors (Lipinski definition) is 0. The predicted octanol–water partition coefficient (Wildman–Crippen LogP) is 13.9. The maximum Gasteiger partial charge on any atom is 0.235 e. The number of benzene rings is 8. The van der Waals surface area contributed by atoms with E-state index in [1.54, 1.807) is 0 Å². The SMILES string of the molecule is c1ccc(-c2ccc(-c3ccc(-c4nc(-n5c6ccccc6c6cc(-c7ccc8c(c7)c7ccccc7n8-c7ccccc7)ccc65)nc5ccccc45)cc3)nc2)cc1.